The van der Waals surface area contributed by atoms with Crippen molar-refractivity contribution < 1.29 is 4.79 Å². The number of carbonyl (C=O) groups excluding carboxylic acids is 1. The number of hydrogen-bond acceptors (Lipinski definition) is 4. The van der Waals surface area contributed by atoms with Gasteiger partial charge in [-0.2, -0.15) is 0 Å². The van der Waals surface area contributed by atoms with Crippen molar-refractivity contribution in [2.24, 2.45) is 5.73 Å². The largest absolute Gasteiger partial charge is 0.348 e. The van der Waals surface area contributed by atoms with Gasteiger partial charge in [-0.15, -0.1) is 0 Å². The van der Waals surface area contributed by atoms with Crippen LogP contribution in [0.25, 0.3) is 0 Å². The van der Waals surface area contributed by atoms with Crippen LogP contribution in [0.15, 0.2) is 24.4 Å². The van der Waals surface area contributed by atoms with E-state index in [0.717, 1.165) is 18.7 Å². The second-order valence-electron chi connectivity index (χ2n) is 4.76. The van der Waals surface area contributed by atoms with Crippen LogP contribution in [0.3, 0.4) is 0 Å². The van der Waals surface area contributed by atoms with E-state index >= 15 is 0 Å². The molecule has 1 rings (SSSR count). The zero-order valence-electron chi connectivity index (χ0n) is 12.0. The lowest BCUT2D eigenvalue weighted by atomic mass is 10.1. The summed E-state index contributed by atoms with van der Waals surface area (Å²) in [5, 5.41) is 0. The predicted molar refractivity (Wildman–Crippen MR) is 76.6 cm³/mol. The molecule has 0 aliphatic rings. The van der Waals surface area contributed by atoms with Crippen LogP contribution in [0.5, 0.6) is 0 Å². The van der Waals surface area contributed by atoms with Crippen molar-refractivity contribution in [1.82, 2.24) is 14.8 Å². The van der Waals surface area contributed by atoms with Gasteiger partial charge in [0.15, 0.2) is 0 Å². The Hall–Kier alpha value is -1.46. The molecule has 5 nitrogen and oxygen atoms in total. The van der Waals surface area contributed by atoms with Gasteiger partial charge in [0.05, 0.1) is 18.3 Å². The van der Waals surface area contributed by atoms with Gasteiger partial charge in [-0.05, 0) is 25.1 Å². The molecule has 0 bridgehead atoms. The van der Waals surface area contributed by atoms with Crippen LogP contribution in [0.1, 0.15) is 25.1 Å². The Morgan fingerprint density at radius 3 is 2.63 bits per heavy atom. The molecule has 2 N–H and O–H groups in total. The molecule has 1 amide bonds. The van der Waals surface area contributed by atoms with Crippen LogP contribution >= 0.6 is 0 Å². The summed E-state index contributed by atoms with van der Waals surface area (Å²) in [4.78, 5) is 20.0. The fraction of sp³-hybridized carbons (Fsp3) is 0.571. The summed E-state index contributed by atoms with van der Waals surface area (Å²) >= 11 is 0. The third-order valence-electron chi connectivity index (χ3n) is 3.04. The van der Waals surface area contributed by atoms with Crippen LogP contribution < -0.4 is 5.73 Å². The summed E-state index contributed by atoms with van der Waals surface area (Å²) < 4.78 is 0. The zero-order chi connectivity index (χ0) is 14.3. The normalized spacial score (nSPS) is 12.5. The molecule has 1 heterocycles. The summed E-state index contributed by atoms with van der Waals surface area (Å²) in [6.45, 7) is 3.76. The summed E-state index contributed by atoms with van der Waals surface area (Å²) in [7, 11) is 3.54. The first-order chi connectivity index (χ1) is 9.10. The molecule has 0 spiro atoms. The molecule has 0 fully saturated rings. The van der Waals surface area contributed by atoms with Crippen LogP contribution in [0.4, 0.5) is 0 Å². The summed E-state index contributed by atoms with van der Waals surface area (Å²) in [5.74, 6) is 0.0860. The Labute approximate surface area is 115 Å². The number of likely N-dealkylation sites (N-methyl/N-ethyl adjacent to an activating group) is 1. The average molecular weight is 264 g/mol. The minimum atomic E-state index is -0.00921. The lowest BCUT2D eigenvalue weighted by Crippen LogP contribution is -2.41. The number of carbonyl (C=O) groups is 1. The van der Waals surface area contributed by atoms with Crippen LogP contribution in [0, 0.1) is 0 Å². The molecule has 1 unspecified atom stereocenters. The van der Waals surface area contributed by atoms with Crippen molar-refractivity contribution in [2.45, 2.75) is 19.4 Å². The summed E-state index contributed by atoms with van der Waals surface area (Å²) in [6.07, 6.45) is 2.74. The number of amides is 1. The van der Waals surface area contributed by atoms with Crippen molar-refractivity contribution in [3.8, 4) is 0 Å². The lowest BCUT2D eigenvalue weighted by molar-refractivity contribution is -0.130. The highest BCUT2D eigenvalue weighted by molar-refractivity contribution is 5.77. The quantitative estimate of drug-likeness (QED) is 0.794. The van der Waals surface area contributed by atoms with Crippen molar-refractivity contribution in [1.29, 1.82) is 0 Å². The second kappa shape index (κ2) is 7.86. The molecule has 106 valence electrons. The maximum atomic E-state index is 11.9. The summed E-state index contributed by atoms with van der Waals surface area (Å²) in [6, 6.07) is 5.78. The van der Waals surface area contributed by atoms with E-state index in [1.807, 2.05) is 18.2 Å². The highest BCUT2D eigenvalue weighted by atomic mass is 16.2. The first-order valence-electron chi connectivity index (χ1n) is 6.65. The Kier molecular flexibility index (Phi) is 6.45. The zero-order valence-corrected chi connectivity index (χ0v) is 12.0. The molecule has 1 atom stereocenters. The van der Waals surface area contributed by atoms with Crippen molar-refractivity contribution in [3.05, 3.63) is 30.1 Å². The monoisotopic (exact) mass is 264 g/mol. The second-order valence-corrected chi connectivity index (χ2v) is 4.76. The first-order valence-corrected chi connectivity index (χ1v) is 6.65. The van der Waals surface area contributed by atoms with E-state index in [-0.39, 0.29) is 11.9 Å². The Morgan fingerprint density at radius 1 is 1.42 bits per heavy atom. The van der Waals surface area contributed by atoms with E-state index < -0.39 is 0 Å². The smallest absolute Gasteiger partial charge is 0.236 e. The third-order valence-corrected chi connectivity index (χ3v) is 3.04. The predicted octanol–water partition coefficient (Wildman–Crippen LogP) is 0.882. The van der Waals surface area contributed by atoms with Crippen molar-refractivity contribution in [3.63, 3.8) is 0 Å². The van der Waals surface area contributed by atoms with E-state index in [9.17, 15) is 4.79 Å². The molecular weight excluding hydrogens is 240 g/mol. The maximum Gasteiger partial charge on any atom is 0.236 e. The summed E-state index contributed by atoms with van der Waals surface area (Å²) in [5.41, 5.74) is 6.80. The molecular formula is C14H24N4O. The number of nitrogens with zero attached hydrogens (tertiary/aromatic N) is 3. The number of pyridine rings is 1. The molecule has 0 aromatic carbocycles. The molecule has 1 aromatic heterocycles. The maximum absolute atomic E-state index is 11.9. The van der Waals surface area contributed by atoms with Gasteiger partial charge in [-0.3, -0.25) is 14.7 Å². The van der Waals surface area contributed by atoms with Crippen LogP contribution in [-0.4, -0.2) is 54.4 Å². The molecule has 19 heavy (non-hydrogen) atoms. The van der Waals surface area contributed by atoms with Gasteiger partial charge in [-0.1, -0.05) is 13.0 Å². The molecule has 5 heteroatoms. The minimum absolute atomic E-state index is 0.00921. The van der Waals surface area contributed by atoms with Gasteiger partial charge in [0.2, 0.25) is 5.91 Å². The third kappa shape index (κ3) is 4.61. The lowest BCUT2D eigenvalue weighted by Gasteiger charge is -2.30. The van der Waals surface area contributed by atoms with E-state index in [2.05, 4.69) is 16.8 Å². The first kappa shape index (κ1) is 15.6. The van der Waals surface area contributed by atoms with Crippen molar-refractivity contribution >= 4 is 5.91 Å². The molecule has 0 aliphatic carbocycles. The minimum Gasteiger partial charge on any atom is -0.348 e. The molecule has 1 aromatic rings. The standard InChI is InChI=1S/C14H24N4O/c1-4-9-18(11-14(19)17(2)3)13(10-15)12-7-5-6-8-16-12/h5-8,13H,4,9-11,15H2,1-3H3. The number of hydrogen-bond donors (Lipinski definition) is 1. The molecule has 0 saturated heterocycles. The van der Waals surface area contributed by atoms with E-state index in [1.54, 1.807) is 25.2 Å². The van der Waals surface area contributed by atoms with Gasteiger partial charge in [0.1, 0.15) is 0 Å². The highest BCUT2D eigenvalue weighted by Crippen LogP contribution is 2.17. The molecule has 0 aliphatic heterocycles. The van der Waals surface area contributed by atoms with Crippen LogP contribution in [0.2, 0.25) is 0 Å². The van der Waals surface area contributed by atoms with Gasteiger partial charge in [-0.25, -0.2) is 0 Å². The number of rotatable bonds is 7. The Morgan fingerprint density at radius 2 is 2.16 bits per heavy atom. The fourth-order valence-electron chi connectivity index (χ4n) is 1.98. The van der Waals surface area contributed by atoms with Gasteiger partial charge >= 0.3 is 0 Å². The Balaban J connectivity index is 2.86. The topological polar surface area (TPSA) is 62.5 Å². The van der Waals surface area contributed by atoms with Gasteiger partial charge in [0.25, 0.3) is 0 Å². The number of nitrogens with two attached hydrogens (primary N) is 1. The fourth-order valence-corrected chi connectivity index (χ4v) is 1.98. The van der Waals surface area contributed by atoms with Crippen LogP contribution in [-0.2, 0) is 4.79 Å². The molecule has 0 radical (unpaired) electrons. The van der Waals surface area contributed by atoms with E-state index in [0.29, 0.717) is 13.1 Å². The Bertz CT molecular complexity index is 380. The van der Waals surface area contributed by atoms with Gasteiger partial charge in [0, 0.05) is 26.8 Å². The SMILES string of the molecule is CCCN(CC(=O)N(C)C)C(CN)c1ccccn1. The van der Waals surface area contributed by atoms with Crippen molar-refractivity contribution in [2.75, 3.05) is 33.7 Å². The van der Waals surface area contributed by atoms with Gasteiger partial charge < -0.3 is 10.6 Å². The highest BCUT2D eigenvalue weighted by Gasteiger charge is 2.22. The number of aromatic nitrogens is 1. The van der Waals surface area contributed by atoms with E-state index in [4.69, 9.17) is 5.73 Å². The average Bonchev–Trinajstić information content (AvgIpc) is 2.40. The van der Waals surface area contributed by atoms with E-state index in [1.165, 1.54) is 0 Å². The molecule has 0 saturated carbocycles.